The van der Waals surface area contributed by atoms with E-state index in [1.807, 2.05) is 37.3 Å². The second kappa shape index (κ2) is 7.98. The summed E-state index contributed by atoms with van der Waals surface area (Å²) in [6.07, 6.45) is 4.90. The second-order valence-corrected chi connectivity index (χ2v) is 7.41. The van der Waals surface area contributed by atoms with Crippen LogP contribution in [0.5, 0.6) is 5.88 Å². The zero-order valence-electron chi connectivity index (χ0n) is 16.5. The zero-order chi connectivity index (χ0) is 20.4. The molecule has 8 heteroatoms. The van der Waals surface area contributed by atoms with E-state index in [9.17, 15) is 9.59 Å². The standard InChI is InChI=1S/C21H23N3O5/c1-23(2)11-15-5-3-4-14-10-16(6-7-18(14)20(15)25)24-12-17(29-21(24)26)13-27-19-8-9-28-22-19/h6-11,17H,3-5,12-13H2,1-2H3. The maximum absolute atomic E-state index is 12.9. The van der Waals surface area contributed by atoms with Crippen LogP contribution < -0.4 is 9.64 Å². The minimum atomic E-state index is -0.424. The highest BCUT2D eigenvalue weighted by atomic mass is 16.6. The van der Waals surface area contributed by atoms with Crippen molar-refractivity contribution in [3.63, 3.8) is 0 Å². The van der Waals surface area contributed by atoms with Gasteiger partial charge < -0.3 is 18.9 Å². The zero-order valence-corrected chi connectivity index (χ0v) is 16.5. The van der Waals surface area contributed by atoms with Crippen LogP contribution in [0.2, 0.25) is 0 Å². The molecule has 1 unspecified atom stereocenters. The molecule has 1 fully saturated rings. The summed E-state index contributed by atoms with van der Waals surface area (Å²) in [6.45, 7) is 0.562. The number of benzene rings is 1. The van der Waals surface area contributed by atoms with Gasteiger partial charge in [0.15, 0.2) is 11.9 Å². The first kappa shape index (κ1) is 19.0. The first-order chi connectivity index (χ1) is 14.0. The van der Waals surface area contributed by atoms with Gasteiger partial charge in [0.05, 0.1) is 6.54 Å². The van der Waals surface area contributed by atoms with Crippen LogP contribution in [0.1, 0.15) is 28.8 Å². The molecule has 1 amide bonds. The Hall–Kier alpha value is -3.29. The smallest absolute Gasteiger partial charge is 0.414 e. The first-order valence-corrected chi connectivity index (χ1v) is 9.57. The Morgan fingerprint density at radius 1 is 1.28 bits per heavy atom. The van der Waals surface area contributed by atoms with Gasteiger partial charge in [0.1, 0.15) is 12.9 Å². The van der Waals surface area contributed by atoms with Gasteiger partial charge in [0.2, 0.25) is 0 Å². The average Bonchev–Trinajstić information content (AvgIpc) is 3.31. The fraction of sp³-hybridized carbons (Fsp3) is 0.381. The van der Waals surface area contributed by atoms with Crippen molar-refractivity contribution in [1.29, 1.82) is 0 Å². The molecule has 0 N–H and O–H groups in total. The van der Waals surface area contributed by atoms with E-state index in [-0.39, 0.29) is 12.4 Å². The van der Waals surface area contributed by atoms with Crippen LogP contribution in [0.4, 0.5) is 10.5 Å². The summed E-state index contributed by atoms with van der Waals surface area (Å²) in [5, 5.41) is 3.67. The number of ether oxygens (including phenoxy) is 2. The number of hydrogen-bond acceptors (Lipinski definition) is 7. The number of aryl methyl sites for hydroxylation is 1. The summed E-state index contributed by atoms with van der Waals surface area (Å²) in [4.78, 5) is 28.7. The highest BCUT2D eigenvalue weighted by Gasteiger charge is 2.33. The van der Waals surface area contributed by atoms with Crippen LogP contribution in [0.25, 0.3) is 0 Å². The number of fused-ring (bicyclic) bond motifs is 1. The van der Waals surface area contributed by atoms with E-state index in [0.717, 1.165) is 36.1 Å². The quantitative estimate of drug-likeness (QED) is 0.566. The van der Waals surface area contributed by atoms with Crippen LogP contribution in [0, 0.1) is 0 Å². The van der Waals surface area contributed by atoms with E-state index in [1.165, 1.54) is 6.26 Å². The number of aromatic nitrogens is 1. The number of rotatable bonds is 5. The lowest BCUT2D eigenvalue weighted by atomic mass is 9.99. The molecule has 29 heavy (non-hydrogen) atoms. The van der Waals surface area contributed by atoms with Crippen LogP contribution in [0.3, 0.4) is 0 Å². The van der Waals surface area contributed by atoms with E-state index in [0.29, 0.717) is 18.0 Å². The number of Topliss-reactive ketones (excluding diaryl/α,β-unsaturated/α-hetero) is 1. The first-order valence-electron chi connectivity index (χ1n) is 9.57. The molecule has 1 aromatic heterocycles. The van der Waals surface area contributed by atoms with Crippen LogP contribution >= 0.6 is 0 Å². The Morgan fingerprint density at radius 2 is 2.14 bits per heavy atom. The molecule has 1 saturated heterocycles. The molecule has 1 aromatic carbocycles. The third-order valence-corrected chi connectivity index (χ3v) is 4.95. The Balaban J connectivity index is 1.49. The van der Waals surface area contributed by atoms with E-state index >= 15 is 0 Å². The fourth-order valence-electron chi connectivity index (χ4n) is 3.64. The molecule has 8 nitrogen and oxygen atoms in total. The monoisotopic (exact) mass is 397 g/mol. The van der Waals surface area contributed by atoms with Gasteiger partial charge in [-0.25, -0.2) is 4.79 Å². The van der Waals surface area contributed by atoms with Gasteiger partial charge in [-0.15, -0.1) is 0 Å². The summed E-state index contributed by atoms with van der Waals surface area (Å²) in [6, 6.07) is 7.14. The van der Waals surface area contributed by atoms with Crippen molar-refractivity contribution < 1.29 is 23.6 Å². The Bertz CT molecular complexity index is 936. The van der Waals surface area contributed by atoms with Crippen molar-refractivity contribution in [2.75, 3.05) is 32.1 Å². The minimum Gasteiger partial charge on any atom is -0.471 e. The molecular formula is C21H23N3O5. The number of anilines is 1. The summed E-state index contributed by atoms with van der Waals surface area (Å²) in [5.74, 6) is 0.408. The number of allylic oxidation sites excluding steroid dienone is 1. The maximum Gasteiger partial charge on any atom is 0.414 e. The van der Waals surface area contributed by atoms with Gasteiger partial charge in [-0.2, -0.15) is 0 Å². The van der Waals surface area contributed by atoms with Crippen LogP contribution in [-0.2, 0) is 11.2 Å². The van der Waals surface area contributed by atoms with E-state index < -0.39 is 12.2 Å². The van der Waals surface area contributed by atoms with Crippen molar-refractivity contribution in [2.24, 2.45) is 0 Å². The van der Waals surface area contributed by atoms with Gasteiger partial charge >= 0.3 is 6.09 Å². The summed E-state index contributed by atoms with van der Waals surface area (Å²) >= 11 is 0. The van der Waals surface area contributed by atoms with Gasteiger partial charge in [-0.3, -0.25) is 9.69 Å². The number of ketones is 1. The molecule has 1 aliphatic heterocycles. The second-order valence-electron chi connectivity index (χ2n) is 7.41. The number of carbonyl (C=O) groups is 2. The maximum atomic E-state index is 12.9. The molecule has 0 spiro atoms. The lowest BCUT2D eigenvalue weighted by molar-refractivity contribution is 0.101. The Morgan fingerprint density at radius 3 is 2.90 bits per heavy atom. The number of cyclic esters (lactones) is 1. The van der Waals surface area contributed by atoms with E-state index in [4.69, 9.17) is 14.0 Å². The third kappa shape index (κ3) is 4.11. The van der Waals surface area contributed by atoms with Gasteiger partial charge in [0.25, 0.3) is 5.88 Å². The van der Waals surface area contributed by atoms with Gasteiger partial charge in [-0.1, -0.05) is 0 Å². The van der Waals surface area contributed by atoms with Crippen LogP contribution in [-0.4, -0.2) is 55.3 Å². The molecule has 4 rings (SSSR count). The molecule has 0 radical (unpaired) electrons. The molecule has 1 aliphatic carbocycles. The Kier molecular flexibility index (Phi) is 5.24. The Labute approximate surface area is 168 Å². The van der Waals surface area contributed by atoms with Gasteiger partial charge in [0, 0.05) is 43.2 Å². The normalized spacial score (nSPS) is 20.4. The molecule has 0 bridgehead atoms. The highest BCUT2D eigenvalue weighted by molar-refractivity contribution is 6.10. The number of amides is 1. The van der Waals surface area contributed by atoms with Crippen molar-refractivity contribution in [3.05, 3.63) is 53.4 Å². The van der Waals surface area contributed by atoms with Crippen molar-refractivity contribution in [2.45, 2.75) is 25.4 Å². The largest absolute Gasteiger partial charge is 0.471 e. The highest BCUT2D eigenvalue weighted by Crippen LogP contribution is 2.30. The van der Waals surface area contributed by atoms with E-state index in [1.54, 1.807) is 17.0 Å². The minimum absolute atomic E-state index is 0.0561. The fourth-order valence-corrected chi connectivity index (χ4v) is 3.64. The topological polar surface area (TPSA) is 85.1 Å². The predicted octanol–water partition coefficient (Wildman–Crippen LogP) is 3.04. The molecule has 1 atom stereocenters. The molecule has 2 aromatic rings. The summed E-state index contributed by atoms with van der Waals surface area (Å²) in [7, 11) is 3.83. The number of nitrogens with zero attached hydrogens (tertiary/aromatic N) is 3. The van der Waals surface area contributed by atoms with Gasteiger partial charge in [-0.05, 0) is 48.2 Å². The van der Waals surface area contributed by atoms with Crippen molar-refractivity contribution >= 4 is 17.6 Å². The third-order valence-electron chi connectivity index (χ3n) is 4.95. The van der Waals surface area contributed by atoms with Crippen molar-refractivity contribution in [3.8, 4) is 5.88 Å². The lowest BCUT2D eigenvalue weighted by Gasteiger charge is -2.16. The SMILES string of the molecule is CN(C)C=C1CCCc2cc(N3CC(COc4ccon4)OC3=O)ccc2C1=O. The molecule has 0 saturated carbocycles. The molecular weight excluding hydrogens is 374 g/mol. The number of hydrogen-bond donors (Lipinski definition) is 0. The van der Waals surface area contributed by atoms with E-state index in [2.05, 4.69) is 5.16 Å². The predicted molar refractivity (Wildman–Crippen MR) is 105 cm³/mol. The summed E-state index contributed by atoms with van der Waals surface area (Å²) in [5.41, 5.74) is 3.21. The average molecular weight is 397 g/mol. The van der Waals surface area contributed by atoms with Crippen LogP contribution in [0.15, 0.2) is 46.8 Å². The number of carbonyl (C=O) groups excluding carboxylic acids is 2. The molecule has 2 aliphatic rings. The van der Waals surface area contributed by atoms with Crippen molar-refractivity contribution in [1.82, 2.24) is 10.1 Å². The summed E-state index contributed by atoms with van der Waals surface area (Å²) < 4.78 is 15.6. The lowest BCUT2D eigenvalue weighted by Crippen LogP contribution is -2.26. The molecule has 2 heterocycles. The molecule has 152 valence electrons.